The first kappa shape index (κ1) is 17.9. The Morgan fingerprint density at radius 3 is 2.33 bits per heavy atom. The summed E-state index contributed by atoms with van der Waals surface area (Å²) in [5.74, 6) is 0.237. The van der Waals surface area contributed by atoms with Crippen LogP contribution >= 0.6 is 11.8 Å². The van der Waals surface area contributed by atoms with Crippen molar-refractivity contribution in [2.24, 2.45) is 5.10 Å². The second-order valence-electron chi connectivity index (χ2n) is 5.52. The highest BCUT2D eigenvalue weighted by Crippen LogP contribution is 2.22. The van der Waals surface area contributed by atoms with E-state index in [1.165, 1.54) is 11.8 Å². The topological polar surface area (TPSA) is 87.5 Å². The lowest BCUT2D eigenvalue weighted by Gasteiger charge is -2.04. The average molecular weight is 344 g/mol. The van der Waals surface area contributed by atoms with Gasteiger partial charge in [-0.05, 0) is 62.6 Å². The lowest BCUT2D eigenvalue weighted by Crippen LogP contribution is -2.19. The summed E-state index contributed by atoms with van der Waals surface area (Å²) >= 11 is 1.27. The number of carbonyl (C=O) groups excluding carboxylic acids is 1. The lowest BCUT2D eigenvalue weighted by molar-refractivity contribution is -0.118. The van der Waals surface area contributed by atoms with Crippen molar-refractivity contribution in [3.63, 3.8) is 0 Å². The quantitative estimate of drug-likeness (QED) is 0.377. The minimum Gasteiger partial charge on any atom is -0.507 e. The molecule has 0 saturated heterocycles. The van der Waals surface area contributed by atoms with Gasteiger partial charge in [-0.3, -0.25) is 4.79 Å². The van der Waals surface area contributed by atoms with Gasteiger partial charge in [0.25, 0.3) is 5.91 Å². The van der Waals surface area contributed by atoms with Gasteiger partial charge in [0.05, 0.1) is 12.0 Å². The van der Waals surface area contributed by atoms with Gasteiger partial charge in [-0.1, -0.05) is 11.8 Å². The van der Waals surface area contributed by atoms with Crippen LogP contribution in [0.3, 0.4) is 0 Å². The molecule has 2 aromatic rings. The van der Waals surface area contributed by atoms with Crippen molar-refractivity contribution < 1.29 is 9.90 Å². The van der Waals surface area contributed by atoms with E-state index >= 15 is 0 Å². The van der Waals surface area contributed by atoms with E-state index in [1.807, 2.05) is 33.8 Å². The average Bonchev–Trinajstić information content (AvgIpc) is 2.49. The standard InChI is InChI=1S/C17H20N4O2S/c1-10-5-14(6-11(2)16(10)23)8-18-21-15(22)9-24-17-19-12(3)7-13(4)20-17/h5-8,23H,9H2,1-4H3,(H,21,22). The molecule has 0 spiro atoms. The first-order chi connectivity index (χ1) is 11.3. The number of thioether (sulfide) groups is 1. The molecule has 7 heteroatoms. The zero-order chi connectivity index (χ0) is 17.7. The molecular weight excluding hydrogens is 324 g/mol. The van der Waals surface area contributed by atoms with Crippen LogP contribution in [0.15, 0.2) is 28.5 Å². The number of hydrogen-bond acceptors (Lipinski definition) is 6. The number of aromatic hydroxyl groups is 1. The van der Waals surface area contributed by atoms with Crippen LogP contribution in [0, 0.1) is 27.7 Å². The molecule has 0 aliphatic heterocycles. The third-order valence-electron chi connectivity index (χ3n) is 3.21. The number of hydrogen-bond donors (Lipinski definition) is 2. The van der Waals surface area contributed by atoms with E-state index in [0.29, 0.717) is 5.16 Å². The maximum absolute atomic E-state index is 11.8. The van der Waals surface area contributed by atoms with Crippen LogP contribution in [0.5, 0.6) is 5.75 Å². The van der Waals surface area contributed by atoms with Crippen molar-refractivity contribution in [1.29, 1.82) is 0 Å². The molecule has 0 aliphatic rings. The maximum atomic E-state index is 11.8. The molecule has 24 heavy (non-hydrogen) atoms. The van der Waals surface area contributed by atoms with Gasteiger partial charge in [0.2, 0.25) is 0 Å². The van der Waals surface area contributed by atoms with E-state index in [-0.39, 0.29) is 17.4 Å². The number of aryl methyl sites for hydroxylation is 4. The summed E-state index contributed by atoms with van der Waals surface area (Å²) in [5.41, 5.74) is 6.58. The molecular formula is C17H20N4O2S. The van der Waals surface area contributed by atoms with Crippen molar-refractivity contribution >= 4 is 23.9 Å². The summed E-state index contributed by atoms with van der Waals surface area (Å²) in [7, 11) is 0. The van der Waals surface area contributed by atoms with Gasteiger partial charge in [0, 0.05) is 11.4 Å². The number of nitrogens with one attached hydrogen (secondary N) is 1. The normalized spacial score (nSPS) is 11.0. The zero-order valence-corrected chi connectivity index (χ0v) is 14.9. The van der Waals surface area contributed by atoms with Crippen LogP contribution in [0.1, 0.15) is 28.1 Å². The first-order valence-electron chi connectivity index (χ1n) is 7.42. The van der Waals surface area contributed by atoms with Crippen molar-refractivity contribution in [2.45, 2.75) is 32.9 Å². The third kappa shape index (κ3) is 5.06. The molecule has 0 aliphatic carbocycles. The van der Waals surface area contributed by atoms with E-state index in [4.69, 9.17) is 0 Å². The zero-order valence-electron chi connectivity index (χ0n) is 14.1. The Morgan fingerprint density at radius 1 is 1.17 bits per heavy atom. The largest absolute Gasteiger partial charge is 0.507 e. The summed E-state index contributed by atoms with van der Waals surface area (Å²) in [4.78, 5) is 20.4. The van der Waals surface area contributed by atoms with E-state index in [2.05, 4.69) is 20.5 Å². The monoisotopic (exact) mass is 344 g/mol. The molecule has 2 rings (SSSR count). The van der Waals surface area contributed by atoms with Crippen LogP contribution < -0.4 is 5.43 Å². The highest BCUT2D eigenvalue weighted by Gasteiger charge is 2.06. The van der Waals surface area contributed by atoms with Crippen molar-refractivity contribution in [3.8, 4) is 5.75 Å². The summed E-state index contributed by atoms with van der Waals surface area (Å²) in [6.45, 7) is 7.42. The Hall–Kier alpha value is -2.41. The molecule has 2 N–H and O–H groups in total. The van der Waals surface area contributed by atoms with E-state index in [0.717, 1.165) is 28.1 Å². The Labute approximate surface area is 145 Å². The second kappa shape index (κ2) is 7.92. The Morgan fingerprint density at radius 2 is 1.75 bits per heavy atom. The number of nitrogens with zero attached hydrogens (tertiary/aromatic N) is 3. The van der Waals surface area contributed by atoms with Crippen molar-refractivity contribution in [1.82, 2.24) is 15.4 Å². The van der Waals surface area contributed by atoms with Crippen LogP contribution in [0.4, 0.5) is 0 Å². The molecule has 0 radical (unpaired) electrons. The number of rotatable bonds is 5. The van der Waals surface area contributed by atoms with Crippen LogP contribution in [-0.2, 0) is 4.79 Å². The van der Waals surface area contributed by atoms with Gasteiger partial charge in [-0.2, -0.15) is 5.10 Å². The summed E-state index contributed by atoms with van der Waals surface area (Å²) < 4.78 is 0. The smallest absolute Gasteiger partial charge is 0.250 e. The number of phenols is 1. The molecule has 126 valence electrons. The number of benzene rings is 1. The van der Waals surface area contributed by atoms with Gasteiger partial charge in [0.15, 0.2) is 5.16 Å². The lowest BCUT2D eigenvalue weighted by atomic mass is 10.1. The van der Waals surface area contributed by atoms with Gasteiger partial charge in [-0.15, -0.1) is 0 Å². The van der Waals surface area contributed by atoms with Crippen LogP contribution in [-0.4, -0.2) is 32.9 Å². The van der Waals surface area contributed by atoms with E-state index in [9.17, 15) is 9.90 Å². The predicted molar refractivity (Wildman–Crippen MR) is 95.5 cm³/mol. The van der Waals surface area contributed by atoms with Gasteiger partial charge in [0.1, 0.15) is 5.75 Å². The van der Waals surface area contributed by atoms with Crippen LogP contribution in [0.25, 0.3) is 0 Å². The highest BCUT2D eigenvalue weighted by atomic mass is 32.2. The fourth-order valence-electron chi connectivity index (χ4n) is 2.16. The molecule has 0 saturated carbocycles. The number of hydrazone groups is 1. The molecule has 0 fully saturated rings. The first-order valence-corrected chi connectivity index (χ1v) is 8.41. The third-order valence-corrected chi connectivity index (χ3v) is 4.06. The molecule has 1 aromatic heterocycles. The van der Waals surface area contributed by atoms with Crippen molar-refractivity contribution in [2.75, 3.05) is 5.75 Å². The Kier molecular flexibility index (Phi) is 5.92. The van der Waals surface area contributed by atoms with Crippen LogP contribution in [0.2, 0.25) is 0 Å². The van der Waals surface area contributed by atoms with E-state index in [1.54, 1.807) is 18.3 Å². The maximum Gasteiger partial charge on any atom is 0.250 e. The minimum absolute atomic E-state index is 0.188. The van der Waals surface area contributed by atoms with Gasteiger partial charge >= 0.3 is 0 Å². The molecule has 0 unspecified atom stereocenters. The highest BCUT2D eigenvalue weighted by molar-refractivity contribution is 7.99. The summed E-state index contributed by atoms with van der Waals surface area (Å²) in [6.07, 6.45) is 1.55. The fraction of sp³-hybridized carbons (Fsp3) is 0.294. The predicted octanol–water partition coefficient (Wildman–Crippen LogP) is 2.66. The van der Waals surface area contributed by atoms with E-state index < -0.39 is 0 Å². The number of amides is 1. The molecule has 0 bridgehead atoms. The number of carbonyl (C=O) groups is 1. The van der Waals surface area contributed by atoms with Gasteiger partial charge in [-0.25, -0.2) is 15.4 Å². The minimum atomic E-state index is -0.230. The molecule has 1 heterocycles. The Bertz CT molecular complexity index is 747. The molecule has 1 aromatic carbocycles. The fourth-order valence-corrected chi connectivity index (χ4v) is 2.91. The number of aromatic nitrogens is 2. The molecule has 6 nitrogen and oxygen atoms in total. The summed E-state index contributed by atoms with van der Waals surface area (Å²) in [5, 5.41) is 14.3. The second-order valence-corrected chi connectivity index (χ2v) is 6.46. The van der Waals surface area contributed by atoms with Gasteiger partial charge < -0.3 is 5.11 Å². The molecule has 1 amide bonds. The SMILES string of the molecule is Cc1cc(C)nc(SCC(=O)NN=Cc2cc(C)c(O)c(C)c2)n1. The summed E-state index contributed by atoms with van der Waals surface area (Å²) in [6, 6.07) is 5.49. The van der Waals surface area contributed by atoms with Crippen molar-refractivity contribution in [3.05, 3.63) is 46.3 Å². The number of phenolic OH excluding ortho intramolecular Hbond substituents is 1. The Balaban J connectivity index is 1.89. The molecule has 0 atom stereocenters.